The van der Waals surface area contributed by atoms with Crippen LogP contribution in [0.2, 0.25) is 0 Å². The molecule has 1 aromatic rings. The van der Waals surface area contributed by atoms with Gasteiger partial charge in [-0.3, -0.25) is 4.79 Å². The molecule has 0 radical (unpaired) electrons. The van der Waals surface area contributed by atoms with Crippen molar-refractivity contribution in [3.05, 3.63) is 21.4 Å². The molecular formula is C15H23NO2S. The molecule has 1 aromatic heterocycles. The fourth-order valence-corrected chi connectivity index (χ4v) is 3.81. The number of nitrogens with one attached hydrogen (secondary N) is 1. The van der Waals surface area contributed by atoms with E-state index in [0.717, 1.165) is 24.1 Å². The van der Waals surface area contributed by atoms with Crippen molar-refractivity contribution in [1.82, 2.24) is 5.32 Å². The maximum absolute atomic E-state index is 12.0. The lowest BCUT2D eigenvalue weighted by Gasteiger charge is -2.17. The second-order valence-corrected chi connectivity index (χ2v) is 6.53. The first-order chi connectivity index (χ1) is 9.11. The molecule has 0 saturated heterocycles. The van der Waals surface area contributed by atoms with Crippen molar-refractivity contribution in [1.29, 1.82) is 0 Å². The lowest BCUT2D eigenvalue weighted by Crippen LogP contribution is -2.35. The van der Waals surface area contributed by atoms with Crippen LogP contribution in [0.1, 0.15) is 52.7 Å². The quantitative estimate of drug-likeness (QED) is 0.872. The van der Waals surface area contributed by atoms with E-state index in [1.807, 2.05) is 13.0 Å². The lowest BCUT2D eigenvalue weighted by molar-refractivity contribution is 0.0844. The number of aryl methyl sites for hydroxylation is 2. The zero-order chi connectivity index (χ0) is 13.8. The average molecular weight is 281 g/mol. The molecular weight excluding hydrogens is 258 g/mol. The van der Waals surface area contributed by atoms with E-state index < -0.39 is 6.10 Å². The van der Waals surface area contributed by atoms with Crippen molar-refractivity contribution < 1.29 is 9.90 Å². The molecule has 0 spiro atoms. The molecule has 4 heteroatoms. The molecule has 0 aliphatic heterocycles. The number of aliphatic hydroxyl groups excluding tert-OH is 1. The Labute approximate surface area is 119 Å². The molecule has 1 fully saturated rings. The van der Waals surface area contributed by atoms with E-state index >= 15 is 0 Å². The van der Waals surface area contributed by atoms with Crippen molar-refractivity contribution in [3.63, 3.8) is 0 Å². The van der Waals surface area contributed by atoms with Crippen molar-refractivity contribution in [2.45, 2.75) is 52.1 Å². The highest BCUT2D eigenvalue weighted by atomic mass is 32.1. The Morgan fingerprint density at radius 1 is 1.53 bits per heavy atom. The van der Waals surface area contributed by atoms with Crippen LogP contribution in [0, 0.1) is 12.8 Å². The van der Waals surface area contributed by atoms with Gasteiger partial charge in [0.05, 0.1) is 11.0 Å². The number of thiophene rings is 1. The number of carbonyl (C=O) groups excluding carboxylic acids is 1. The summed E-state index contributed by atoms with van der Waals surface area (Å²) in [4.78, 5) is 14.1. The smallest absolute Gasteiger partial charge is 0.261 e. The van der Waals surface area contributed by atoms with E-state index in [2.05, 4.69) is 12.2 Å². The molecule has 1 amide bonds. The molecule has 1 unspecified atom stereocenters. The number of amides is 1. The molecule has 0 aromatic carbocycles. The highest BCUT2D eigenvalue weighted by Gasteiger charge is 2.23. The zero-order valence-electron chi connectivity index (χ0n) is 11.7. The normalized spacial score (nSPS) is 17.6. The maximum atomic E-state index is 12.0. The van der Waals surface area contributed by atoms with Gasteiger partial charge < -0.3 is 10.4 Å². The molecule has 106 valence electrons. The summed E-state index contributed by atoms with van der Waals surface area (Å²) in [6, 6.07) is 1.95. The van der Waals surface area contributed by atoms with Crippen molar-refractivity contribution in [2.24, 2.45) is 5.92 Å². The third-order valence-corrected chi connectivity index (χ3v) is 5.36. The monoisotopic (exact) mass is 281 g/mol. The molecule has 2 N–H and O–H groups in total. The van der Waals surface area contributed by atoms with Crippen LogP contribution in [0.3, 0.4) is 0 Å². The number of hydrogen-bond donors (Lipinski definition) is 2. The van der Waals surface area contributed by atoms with Gasteiger partial charge >= 0.3 is 0 Å². The molecule has 1 aliphatic rings. The zero-order valence-corrected chi connectivity index (χ0v) is 12.6. The largest absolute Gasteiger partial charge is 0.391 e. The predicted octanol–water partition coefficient (Wildman–Crippen LogP) is 2.90. The van der Waals surface area contributed by atoms with Gasteiger partial charge in [0.15, 0.2) is 0 Å². The van der Waals surface area contributed by atoms with Gasteiger partial charge in [0, 0.05) is 11.4 Å². The Hall–Kier alpha value is -0.870. The third-order valence-electron chi connectivity index (χ3n) is 3.98. The molecule has 19 heavy (non-hydrogen) atoms. The van der Waals surface area contributed by atoms with Crippen LogP contribution in [0.15, 0.2) is 6.07 Å². The highest BCUT2D eigenvalue weighted by Crippen LogP contribution is 2.27. The summed E-state index contributed by atoms with van der Waals surface area (Å²) < 4.78 is 0. The predicted molar refractivity (Wildman–Crippen MR) is 78.7 cm³/mol. The first-order valence-corrected chi connectivity index (χ1v) is 7.99. The summed E-state index contributed by atoms with van der Waals surface area (Å²) in [5.41, 5.74) is 1.19. The van der Waals surface area contributed by atoms with Crippen LogP contribution in [-0.2, 0) is 6.42 Å². The van der Waals surface area contributed by atoms with E-state index in [9.17, 15) is 9.90 Å². The Bertz CT molecular complexity index is 435. The first kappa shape index (κ1) is 14.5. The van der Waals surface area contributed by atoms with Gasteiger partial charge in [-0.2, -0.15) is 0 Å². The minimum absolute atomic E-state index is 0.0511. The summed E-state index contributed by atoms with van der Waals surface area (Å²) in [6.07, 6.45) is 5.18. The molecule has 0 bridgehead atoms. The molecule has 1 aliphatic carbocycles. The number of aliphatic hydroxyl groups is 1. The number of rotatable bonds is 5. The molecule has 2 rings (SSSR count). The van der Waals surface area contributed by atoms with Crippen LogP contribution < -0.4 is 5.32 Å². The summed E-state index contributed by atoms with van der Waals surface area (Å²) in [7, 11) is 0. The topological polar surface area (TPSA) is 49.3 Å². The van der Waals surface area contributed by atoms with Crippen LogP contribution in [-0.4, -0.2) is 23.7 Å². The minimum Gasteiger partial charge on any atom is -0.391 e. The fourth-order valence-electron chi connectivity index (χ4n) is 2.78. The lowest BCUT2D eigenvalue weighted by atomic mass is 10.0. The van der Waals surface area contributed by atoms with E-state index in [1.54, 1.807) is 11.3 Å². The Kier molecular flexibility index (Phi) is 4.99. The minimum atomic E-state index is -0.391. The second kappa shape index (κ2) is 6.53. The first-order valence-electron chi connectivity index (χ1n) is 7.17. The van der Waals surface area contributed by atoms with Gasteiger partial charge in [-0.15, -0.1) is 11.3 Å². The van der Waals surface area contributed by atoms with Crippen LogP contribution >= 0.6 is 11.3 Å². The van der Waals surface area contributed by atoms with Crippen LogP contribution in [0.25, 0.3) is 0 Å². The van der Waals surface area contributed by atoms with E-state index in [1.165, 1.54) is 23.3 Å². The van der Waals surface area contributed by atoms with Gasteiger partial charge in [0.2, 0.25) is 0 Å². The second-order valence-electron chi connectivity index (χ2n) is 5.39. The Morgan fingerprint density at radius 2 is 2.21 bits per heavy atom. The average Bonchev–Trinajstić information content (AvgIpc) is 3.04. The number of hydrogen-bond acceptors (Lipinski definition) is 3. The maximum Gasteiger partial charge on any atom is 0.261 e. The SMILES string of the molecule is CCc1sc(C(=O)NCC(O)C2CCCC2)cc1C. The van der Waals surface area contributed by atoms with E-state index in [-0.39, 0.29) is 5.91 Å². The Morgan fingerprint density at radius 3 is 2.79 bits per heavy atom. The molecule has 1 saturated carbocycles. The van der Waals surface area contributed by atoms with Gasteiger partial charge in [0.1, 0.15) is 0 Å². The van der Waals surface area contributed by atoms with Crippen molar-refractivity contribution >= 4 is 17.2 Å². The summed E-state index contributed by atoms with van der Waals surface area (Å²) in [5.74, 6) is 0.321. The molecule has 1 heterocycles. The summed E-state index contributed by atoms with van der Waals surface area (Å²) >= 11 is 1.56. The van der Waals surface area contributed by atoms with Gasteiger partial charge in [-0.05, 0) is 43.7 Å². The van der Waals surface area contributed by atoms with Crippen molar-refractivity contribution in [3.8, 4) is 0 Å². The van der Waals surface area contributed by atoms with Crippen molar-refractivity contribution in [2.75, 3.05) is 6.54 Å². The fraction of sp³-hybridized carbons (Fsp3) is 0.667. The van der Waals surface area contributed by atoms with Gasteiger partial charge in [-0.25, -0.2) is 0 Å². The highest BCUT2D eigenvalue weighted by molar-refractivity contribution is 7.14. The summed E-state index contributed by atoms with van der Waals surface area (Å²) in [5, 5.41) is 12.9. The summed E-state index contributed by atoms with van der Waals surface area (Å²) in [6.45, 7) is 4.52. The van der Waals surface area contributed by atoms with E-state index in [4.69, 9.17) is 0 Å². The van der Waals surface area contributed by atoms with E-state index in [0.29, 0.717) is 12.5 Å². The van der Waals surface area contributed by atoms with Gasteiger partial charge in [0.25, 0.3) is 5.91 Å². The third kappa shape index (κ3) is 3.57. The van der Waals surface area contributed by atoms with Crippen LogP contribution in [0.4, 0.5) is 0 Å². The molecule has 1 atom stereocenters. The Balaban J connectivity index is 1.86. The number of carbonyl (C=O) groups is 1. The molecule has 3 nitrogen and oxygen atoms in total. The standard InChI is InChI=1S/C15H23NO2S/c1-3-13-10(2)8-14(19-13)15(18)16-9-12(17)11-6-4-5-7-11/h8,11-12,17H,3-7,9H2,1-2H3,(H,16,18). The van der Waals surface area contributed by atoms with Gasteiger partial charge in [-0.1, -0.05) is 19.8 Å². The van der Waals surface area contributed by atoms with Crippen LogP contribution in [0.5, 0.6) is 0 Å².